The molecule has 0 bridgehead atoms. The van der Waals surface area contributed by atoms with Gasteiger partial charge in [-0.2, -0.15) is 0 Å². The van der Waals surface area contributed by atoms with Crippen molar-refractivity contribution in [3.63, 3.8) is 0 Å². The Balaban J connectivity index is 2.28. The van der Waals surface area contributed by atoms with Gasteiger partial charge in [-0.1, -0.05) is 19.8 Å². The molecule has 1 unspecified atom stereocenters. The Morgan fingerprint density at radius 1 is 1.44 bits per heavy atom. The maximum atomic E-state index is 12.1. The van der Waals surface area contributed by atoms with Crippen molar-refractivity contribution in [3.8, 4) is 0 Å². The lowest BCUT2D eigenvalue weighted by Crippen LogP contribution is -2.39. The first kappa shape index (κ1) is 13.8. The van der Waals surface area contributed by atoms with Gasteiger partial charge in [-0.3, -0.25) is 4.79 Å². The molecule has 1 saturated carbocycles. The summed E-state index contributed by atoms with van der Waals surface area (Å²) >= 11 is 5.86. The molecule has 1 amide bonds. The first-order chi connectivity index (χ1) is 7.60. The first-order valence-corrected chi connectivity index (χ1v) is 6.97. The zero-order valence-corrected chi connectivity index (χ0v) is 11.3. The zero-order valence-electron chi connectivity index (χ0n) is 10.5. The number of halogens is 1. The van der Waals surface area contributed by atoms with Crippen molar-refractivity contribution >= 4 is 17.5 Å². The lowest BCUT2D eigenvalue weighted by Gasteiger charge is -2.26. The molecule has 2 nitrogen and oxygen atoms in total. The van der Waals surface area contributed by atoms with E-state index in [0.29, 0.717) is 0 Å². The van der Waals surface area contributed by atoms with E-state index in [0.717, 1.165) is 38.6 Å². The van der Waals surface area contributed by atoms with E-state index in [1.165, 1.54) is 12.8 Å². The van der Waals surface area contributed by atoms with Gasteiger partial charge in [-0.15, -0.1) is 11.6 Å². The summed E-state index contributed by atoms with van der Waals surface area (Å²) in [7, 11) is 0. The summed E-state index contributed by atoms with van der Waals surface area (Å²) in [4.78, 5) is 12.1. The van der Waals surface area contributed by atoms with Gasteiger partial charge in [0.2, 0.25) is 5.91 Å². The molecule has 1 N–H and O–H groups in total. The van der Waals surface area contributed by atoms with Gasteiger partial charge in [0.1, 0.15) is 0 Å². The van der Waals surface area contributed by atoms with E-state index >= 15 is 0 Å². The van der Waals surface area contributed by atoms with E-state index in [1.807, 2.05) is 6.92 Å². The molecular weight excluding hydrogens is 222 g/mol. The number of alkyl halides is 1. The highest BCUT2D eigenvalue weighted by Crippen LogP contribution is 2.40. The van der Waals surface area contributed by atoms with Gasteiger partial charge in [-0.05, 0) is 39.0 Å². The predicted molar refractivity (Wildman–Crippen MR) is 68.8 cm³/mol. The molecule has 0 radical (unpaired) electrons. The quantitative estimate of drug-likeness (QED) is 0.563. The topological polar surface area (TPSA) is 29.1 Å². The second-order valence-corrected chi connectivity index (χ2v) is 5.76. The molecule has 0 aliphatic heterocycles. The summed E-state index contributed by atoms with van der Waals surface area (Å²) in [6.07, 6.45) is 7.49. The van der Waals surface area contributed by atoms with Gasteiger partial charge in [0.15, 0.2) is 0 Å². The predicted octanol–water partition coefficient (Wildman–Crippen LogP) is 3.48. The minimum absolute atomic E-state index is 0.0490. The average Bonchev–Trinajstić information content (AvgIpc) is 2.73. The van der Waals surface area contributed by atoms with Crippen LogP contribution in [0.1, 0.15) is 58.8 Å². The third kappa shape index (κ3) is 3.65. The Kier molecular flexibility index (Phi) is 5.60. The van der Waals surface area contributed by atoms with Gasteiger partial charge in [-0.25, -0.2) is 0 Å². The Bertz CT molecular complexity index is 222. The molecule has 1 rings (SSSR count). The van der Waals surface area contributed by atoms with Crippen LogP contribution in [-0.4, -0.2) is 17.8 Å². The number of nitrogens with one attached hydrogen (secondary N) is 1. The Hall–Kier alpha value is -0.240. The van der Waals surface area contributed by atoms with Crippen molar-refractivity contribution in [2.45, 2.75) is 64.2 Å². The summed E-state index contributed by atoms with van der Waals surface area (Å²) in [6.45, 7) is 4.90. The number of hydrogen-bond acceptors (Lipinski definition) is 1. The lowest BCUT2D eigenvalue weighted by molar-refractivity contribution is -0.131. The number of amides is 1. The number of rotatable bonds is 6. The van der Waals surface area contributed by atoms with Crippen molar-refractivity contribution in [2.24, 2.45) is 5.41 Å². The van der Waals surface area contributed by atoms with Crippen LogP contribution < -0.4 is 5.32 Å². The van der Waals surface area contributed by atoms with Crippen molar-refractivity contribution in [2.75, 3.05) is 6.54 Å². The minimum atomic E-state index is -0.0490. The van der Waals surface area contributed by atoms with E-state index in [2.05, 4.69) is 12.2 Å². The van der Waals surface area contributed by atoms with Crippen LogP contribution in [0.5, 0.6) is 0 Å². The van der Waals surface area contributed by atoms with Crippen molar-refractivity contribution in [3.05, 3.63) is 0 Å². The van der Waals surface area contributed by atoms with E-state index in [-0.39, 0.29) is 16.7 Å². The molecule has 1 aliphatic rings. The fourth-order valence-electron chi connectivity index (χ4n) is 2.57. The molecule has 0 saturated heterocycles. The van der Waals surface area contributed by atoms with Gasteiger partial charge < -0.3 is 5.32 Å². The van der Waals surface area contributed by atoms with Crippen LogP contribution in [0.2, 0.25) is 0 Å². The van der Waals surface area contributed by atoms with Gasteiger partial charge in [0.05, 0.1) is 0 Å². The summed E-state index contributed by atoms with van der Waals surface area (Å²) in [5.41, 5.74) is -0.0490. The van der Waals surface area contributed by atoms with Gasteiger partial charge in [0.25, 0.3) is 0 Å². The minimum Gasteiger partial charge on any atom is -0.356 e. The molecule has 1 fully saturated rings. The number of carbonyl (C=O) groups is 1. The summed E-state index contributed by atoms with van der Waals surface area (Å²) in [5.74, 6) is 0.273. The maximum absolute atomic E-state index is 12.1. The SMILES string of the molecule is CCC1(C(=O)NCCCC(C)Cl)CCCC1. The zero-order chi connectivity index (χ0) is 12.0. The largest absolute Gasteiger partial charge is 0.356 e. The van der Waals surface area contributed by atoms with Crippen LogP contribution in [0.4, 0.5) is 0 Å². The van der Waals surface area contributed by atoms with E-state index in [1.54, 1.807) is 0 Å². The Labute approximate surface area is 104 Å². The number of hydrogen-bond donors (Lipinski definition) is 1. The number of carbonyl (C=O) groups excluding carboxylic acids is 1. The van der Waals surface area contributed by atoms with E-state index in [4.69, 9.17) is 11.6 Å². The highest BCUT2D eigenvalue weighted by molar-refractivity contribution is 6.20. The summed E-state index contributed by atoms with van der Waals surface area (Å²) in [5, 5.41) is 3.29. The van der Waals surface area contributed by atoms with Crippen molar-refractivity contribution in [1.29, 1.82) is 0 Å². The second-order valence-electron chi connectivity index (χ2n) is 5.02. The molecule has 0 heterocycles. The van der Waals surface area contributed by atoms with E-state index < -0.39 is 0 Å². The maximum Gasteiger partial charge on any atom is 0.226 e. The summed E-state index contributed by atoms with van der Waals surface area (Å²) in [6, 6.07) is 0. The second kappa shape index (κ2) is 6.48. The molecule has 0 aromatic carbocycles. The summed E-state index contributed by atoms with van der Waals surface area (Å²) < 4.78 is 0. The molecule has 3 heteroatoms. The molecule has 1 aliphatic carbocycles. The van der Waals surface area contributed by atoms with Crippen LogP contribution >= 0.6 is 11.6 Å². The average molecular weight is 246 g/mol. The Morgan fingerprint density at radius 3 is 2.56 bits per heavy atom. The fraction of sp³-hybridized carbons (Fsp3) is 0.923. The standard InChI is InChI=1S/C13H24ClNO/c1-3-13(8-4-5-9-13)12(16)15-10-6-7-11(2)14/h11H,3-10H2,1-2H3,(H,15,16). The molecular formula is C13H24ClNO. The molecule has 0 aromatic rings. The smallest absolute Gasteiger partial charge is 0.226 e. The monoisotopic (exact) mass is 245 g/mol. The van der Waals surface area contributed by atoms with Gasteiger partial charge >= 0.3 is 0 Å². The van der Waals surface area contributed by atoms with Crippen molar-refractivity contribution in [1.82, 2.24) is 5.32 Å². The fourth-order valence-corrected chi connectivity index (χ4v) is 2.72. The van der Waals surface area contributed by atoms with Crippen LogP contribution in [0.25, 0.3) is 0 Å². The van der Waals surface area contributed by atoms with Crippen LogP contribution in [0, 0.1) is 5.41 Å². The highest BCUT2D eigenvalue weighted by Gasteiger charge is 2.38. The normalized spacial score (nSPS) is 20.7. The lowest BCUT2D eigenvalue weighted by atomic mass is 9.82. The van der Waals surface area contributed by atoms with Gasteiger partial charge in [0, 0.05) is 17.3 Å². The third-order valence-corrected chi connectivity index (χ3v) is 4.00. The Morgan fingerprint density at radius 2 is 2.06 bits per heavy atom. The van der Waals surface area contributed by atoms with Crippen LogP contribution in [-0.2, 0) is 4.79 Å². The molecule has 94 valence electrons. The van der Waals surface area contributed by atoms with E-state index in [9.17, 15) is 4.79 Å². The van der Waals surface area contributed by atoms with Crippen LogP contribution in [0.3, 0.4) is 0 Å². The first-order valence-electron chi connectivity index (χ1n) is 6.53. The molecule has 0 aromatic heterocycles. The highest BCUT2D eigenvalue weighted by atomic mass is 35.5. The third-order valence-electron chi connectivity index (χ3n) is 3.78. The van der Waals surface area contributed by atoms with Crippen LogP contribution in [0.15, 0.2) is 0 Å². The molecule has 16 heavy (non-hydrogen) atoms. The van der Waals surface area contributed by atoms with Crippen molar-refractivity contribution < 1.29 is 4.79 Å². The molecule has 0 spiro atoms. The molecule has 1 atom stereocenters.